The van der Waals surface area contributed by atoms with Crippen LogP contribution >= 0.6 is 0 Å². The number of halogens is 4. The quantitative estimate of drug-likeness (QED) is 0.655. The number of anilines is 1. The highest BCUT2D eigenvalue weighted by Gasteiger charge is 2.22. The fourth-order valence-corrected chi connectivity index (χ4v) is 1.16. The minimum atomic E-state index is -1.78. The molecule has 0 aliphatic heterocycles. The number of rotatable bonds is 3. The largest absolute Gasteiger partial charge is 0.480 e. The van der Waals surface area contributed by atoms with E-state index in [2.05, 4.69) is 0 Å². The van der Waals surface area contributed by atoms with Crippen LogP contribution in [0.5, 0.6) is 0 Å². The summed E-state index contributed by atoms with van der Waals surface area (Å²) in [7, 11) is 1.02. The summed E-state index contributed by atoms with van der Waals surface area (Å²) in [4.78, 5) is 22.2. The maximum absolute atomic E-state index is 13.2. The number of hydrogen-bond donors (Lipinski definition) is 2. The zero-order valence-electron chi connectivity index (χ0n) is 9.51. The van der Waals surface area contributed by atoms with E-state index in [0.717, 1.165) is 7.05 Å². The molecule has 0 atom stereocenters. The third-order valence-electron chi connectivity index (χ3n) is 2.06. The van der Waals surface area contributed by atoms with Crippen molar-refractivity contribution in [2.75, 3.05) is 18.9 Å². The van der Waals surface area contributed by atoms with Crippen LogP contribution < -0.4 is 5.32 Å². The number of carboxylic acid groups (broad SMARTS) is 1. The van der Waals surface area contributed by atoms with Crippen LogP contribution in [-0.4, -0.2) is 35.6 Å². The van der Waals surface area contributed by atoms with E-state index in [1.54, 1.807) is 5.32 Å². The van der Waals surface area contributed by atoms with Gasteiger partial charge in [0.1, 0.15) is 12.2 Å². The lowest BCUT2D eigenvalue weighted by Gasteiger charge is -2.16. The Morgan fingerprint density at radius 2 is 1.68 bits per heavy atom. The van der Waals surface area contributed by atoms with Crippen LogP contribution in [0.3, 0.4) is 0 Å². The van der Waals surface area contributed by atoms with Crippen molar-refractivity contribution in [3.05, 3.63) is 29.3 Å². The van der Waals surface area contributed by atoms with Gasteiger partial charge in [0, 0.05) is 13.1 Å². The number of aliphatic carboxylic acids is 1. The van der Waals surface area contributed by atoms with Gasteiger partial charge >= 0.3 is 12.0 Å². The first-order valence-corrected chi connectivity index (χ1v) is 4.81. The number of benzene rings is 1. The van der Waals surface area contributed by atoms with E-state index in [-0.39, 0.29) is 6.07 Å². The first kappa shape index (κ1) is 14.7. The molecule has 2 amide bonds. The van der Waals surface area contributed by atoms with E-state index in [1.165, 1.54) is 0 Å². The molecule has 0 radical (unpaired) electrons. The van der Waals surface area contributed by atoms with Crippen LogP contribution in [0, 0.1) is 23.3 Å². The molecule has 5 nitrogen and oxygen atoms in total. The number of likely N-dealkylation sites (N-methyl/N-ethyl adjacent to an activating group) is 1. The molecule has 0 spiro atoms. The van der Waals surface area contributed by atoms with Crippen molar-refractivity contribution in [2.45, 2.75) is 0 Å². The summed E-state index contributed by atoms with van der Waals surface area (Å²) in [6, 6.07) is -1.24. The first-order valence-electron chi connectivity index (χ1n) is 4.81. The molecule has 0 aliphatic carbocycles. The number of carbonyl (C=O) groups is 2. The molecular weight excluding hydrogens is 272 g/mol. The van der Waals surface area contributed by atoms with Crippen LogP contribution in [0.15, 0.2) is 6.07 Å². The second-order valence-corrected chi connectivity index (χ2v) is 3.52. The Balaban J connectivity index is 3.00. The first-order chi connectivity index (χ1) is 8.73. The van der Waals surface area contributed by atoms with E-state index < -0.39 is 47.5 Å². The van der Waals surface area contributed by atoms with Gasteiger partial charge in [0.25, 0.3) is 0 Å². The highest BCUT2D eigenvalue weighted by Crippen LogP contribution is 2.24. The third-order valence-corrected chi connectivity index (χ3v) is 2.06. The van der Waals surface area contributed by atoms with Gasteiger partial charge in [0.05, 0.1) is 0 Å². The SMILES string of the molecule is CN(CC(=O)O)C(=O)Nc1c(F)c(F)cc(F)c1F. The van der Waals surface area contributed by atoms with Gasteiger partial charge in [-0.25, -0.2) is 22.4 Å². The minimum absolute atomic E-state index is 0.0126. The van der Waals surface area contributed by atoms with Crippen molar-refractivity contribution in [2.24, 2.45) is 0 Å². The van der Waals surface area contributed by atoms with Crippen LogP contribution in [0.1, 0.15) is 0 Å². The van der Waals surface area contributed by atoms with E-state index in [0.29, 0.717) is 4.90 Å². The number of carbonyl (C=O) groups excluding carboxylic acids is 1. The number of nitrogens with one attached hydrogen (secondary N) is 1. The Hall–Kier alpha value is -2.32. The highest BCUT2D eigenvalue weighted by molar-refractivity contribution is 5.91. The van der Waals surface area contributed by atoms with Crippen molar-refractivity contribution in [1.29, 1.82) is 0 Å². The monoisotopic (exact) mass is 280 g/mol. The van der Waals surface area contributed by atoms with Gasteiger partial charge in [0.2, 0.25) is 0 Å². The maximum atomic E-state index is 13.2. The Morgan fingerprint density at radius 3 is 2.11 bits per heavy atom. The van der Waals surface area contributed by atoms with Crippen LogP contribution in [0.4, 0.5) is 28.0 Å². The van der Waals surface area contributed by atoms with Crippen molar-refractivity contribution >= 4 is 17.7 Å². The topological polar surface area (TPSA) is 69.6 Å². The minimum Gasteiger partial charge on any atom is -0.480 e. The van der Waals surface area contributed by atoms with Gasteiger partial charge in [-0.3, -0.25) is 4.79 Å². The number of hydrogen-bond acceptors (Lipinski definition) is 2. The lowest BCUT2D eigenvalue weighted by atomic mass is 10.2. The van der Waals surface area contributed by atoms with E-state index in [1.807, 2.05) is 0 Å². The molecule has 0 saturated heterocycles. The van der Waals surface area contributed by atoms with Gasteiger partial charge < -0.3 is 15.3 Å². The van der Waals surface area contributed by atoms with Crippen LogP contribution in [-0.2, 0) is 4.79 Å². The standard InChI is InChI=1S/C10H8F4N2O3/c1-16(3-6(17)18)10(19)15-9-7(13)4(11)2-5(12)8(9)14/h2H,3H2,1H3,(H,15,19)(H,17,18). The zero-order valence-corrected chi connectivity index (χ0v) is 9.51. The molecular formula is C10H8F4N2O3. The van der Waals surface area contributed by atoms with Crippen molar-refractivity contribution < 1.29 is 32.3 Å². The summed E-state index contributed by atoms with van der Waals surface area (Å²) in [5, 5.41) is 9.97. The number of nitrogens with zero attached hydrogens (tertiary/aromatic N) is 1. The molecule has 2 N–H and O–H groups in total. The molecule has 1 rings (SSSR count). The number of urea groups is 1. The molecule has 9 heteroatoms. The average Bonchev–Trinajstić information content (AvgIpc) is 2.31. The second kappa shape index (κ2) is 5.55. The highest BCUT2D eigenvalue weighted by atomic mass is 19.2. The van der Waals surface area contributed by atoms with Gasteiger partial charge in [0.15, 0.2) is 23.3 Å². The molecule has 0 unspecified atom stereocenters. The molecule has 0 aliphatic rings. The van der Waals surface area contributed by atoms with Gasteiger partial charge in [-0.1, -0.05) is 0 Å². The zero-order chi connectivity index (χ0) is 14.7. The van der Waals surface area contributed by atoms with E-state index >= 15 is 0 Å². The van der Waals surface area contributed by atoms with E-state index in [9.17, 15) is 27.2 Å². The Kier molecular flexibility index (Phi) is 4.30. The van der Waals surface area contributed by atoms with Gasteiger partial charge in [-0.05, 0) is 0 Å². The predicted octanol–water partition coefficient (Wildman–Crippen LogP) is 1.79. The van der Waals surface area contributed by atoms with Crippen LogP contribution in [0.2, 0.25) is 0 Å². The number of amides is 2. The normalized spacial score (nSPS) is 10.2. The van der Waals surface area contributed by atoms with Crippen molar-refractivity contribution in [3.8, 4) is 0 Å². The predicted molar refractivity (Wildman–Crippen MR) is 55.6 cm³/mol. The van der Waals surface area contributed by atoms with E-state index in [4.69, 9.17) is 5.11 Å². The molecule has 0 saturated carbocycles. The second-order valence-electron chi connectivity index (χ2n) is 3.52. The Morgan fingerprint density at radius 1 is 1.21 bits per heavy atom. The summed E-state index contributed by atoms with van der Waals surface area (Å²) in [5.74, 6) is -8.30. The molecule has 0 bridgehead atoms. The smallest absolute Gasteiger partial charge is 0.323 e. The van der Waals surface area contributed by atoms with Gasteiger partial charge in [-0.15, -0.1) is 0 Å². The number of carboxylic acids is 1. The average molecular weight is 280 g/mol. The summed E-state index contributed by atoms with van der Waals surface area (Å²) < 4.78 is 52.1. The van der Waals surface area contributed by atoms with Crippen molar-refractivity contribution in [1.82, 2.24) is 4.90 Å². The Bertz CT molecular complexity index is 510. The van der Waals surface area contributed by atoms with Crippen molar-refractivity contribution in [3.63, 3.8) is 0 Å². The summed E-state index contributed by atoms with van der Waals surface area (Å²) in [6.07, 6.45) is 0. The fraction of sp³-hybridized carbons (Fsp3) is 0.200. The molecule has 0 heterocycles. The summed E-state index contributed by atoms with van der Waals surface area (Å²) >= 11 is 0. The molecule has 1 aromatic carbocycles. The maximum Gasteiger partial charge on any atom is 0.323 e. The lowest BCUT2D eigenvalue weighted by molar-refractivity contribution is -0.137. The summed E-state index contributed by atoms with van der Waals surface area (Å²) in [5.41, 5.74) is -1.32. The molecule has 0 fully saturated rings. The molecule has 0 aromatic heterocycles. The van der Waals surface area contributed by atoms with Gasteiger partial charge in [-0.2, -0.15) is 0 Å². The molecule has 19 heavy (non-hydrogen) atoms. The summed E-state index contributed by atoms with van der Waals surface area (Å²) in [6.45, 7) is -0.757. The fourth-order valence-electron chi connectivity index (χ4n) is 1.16. The Labute approximate surface area is 104 Å². The molecule has 104 valence electrons. The lowest BCUT2D eigenvalue weighted by Crippen LogP contribution is -2.36. The third kappa shape index (κ3) is 3.33. The molecule has 1 aromatic rings. The van der Waals surface area contributed by atoms with Crippen LogP contribution in [0.25, 0.3) is 0 Å².